The molecule has 2 saturated heterocycles. The summed E-state index contributed by atoms with van der Waals surface area (Å²) in [5.41, 5.74) is 0. The van der Waals surface area contributed by atoms with E-state index in [4.69, 9.17) is 14.6 Å². The molecule has 2 fully saturated rings. The Bertz CT molecular complexity index is 1430. The van der Waals surface area contributed by atoms with Crippen molar-refractivity contribution in [2.24, 2.45) is 11.8 Å². The summed E-state index contributed by atoms with van der Waals surface area (Å²) in [4.78, 5) is 108. The van der Waals surface area contributed by atoms with Crippen LogP contribution in [0.25, 0.3) is 0 Å². The Kier molecular flexibility index (Phi) is 18.2. The number of methoxy groups -OCH3 is 2. The molecule has 8 amide bonds. The number of carbonyl (C=O) groups is 8. The molecule has 0 bridgehead atoms. The van der Waals surface area contributed by atoms with Gasteiger partial charge in [0.1, 0.15) is 6.54 Å². The summed E-state index contributed by atoms with van der Waals surface area (Å²) in [7, 11) is 4.58. The van der Waals surface area contributed by atoms with Crippen LogP contribution in [0.2, 0.25) is 0 Å². The van der Waals surface area contributed by atoms with Crippen molar-refractivity contribution in [1.29, 1.82) is 0 Å². The normalized spacial score (nSPS) is 19.7. The topological polar surface area (TPSA) is 216 Å². The van der Waals surface area contributed by atoms with Gasteiger partial charge in [0.25, 0.3) is 11.8 Å². The molecule has 0 aromatic heterocycles. The highest BCUT2D eigenvalue weighted by Crippen LogP contribution is 2.29. The molecule has 18 heteroatoms. The number of hydrogen-bond acceptors (Lipinski definition) is 10. The van der Waals surface area contributed by atoms with Crippen LogP contribution in [0.3, 0.4) is 0 Å². The van der Waals surface area contributed by atoms with Gasteiger partial charge in [-0.1, -0.05) is 33.6 Å². The van der Waals surface area contributed by atoms with Gasteiger partial charge in [0.2, 0.25) is 23.6 Å². The first kappa shape index (κ1) is 45.8. The molecule has 3 N–H and O–H groups in total. The number of likely N-dealkylation sites (N-methyl/N-ethyl adjacent to an activating group) is 1. The van der Waals surface area contributed by atoms with Crippen LogP contribution in [-0.4, -0.2) is 175 Å². The zero-order valence-electron chi connectivity index (χ0n) is 33.7. The first-order valence-electron chi connectivity index (χ1n) is 19.6. The van der Waals surface area contributed by atoms with E-state index in [0.717, 1.165) is 0 Å². The SMILES string of the molecule is CCC(C)C(C(CC(=O)N1CCCC1C(OC)C(C)C(=O)NCC(=O)O)OC)N(C)C(=O)CNC(=O)N1CCN(C(=O)CCCCCN2C(=O)C=CC2=O)CC1. The van der Waals surface area contributed by atoms with Gasteiger partial charge in [0.05, 0.1) is 43.2 Å². The summed E-state index contributed by atoms with van der Waals surface area (Å²) in [6.45, 7) is 6.92. The Morgan fingerprint density at radius 3 is 2.11 bits per heavy atom. The third-order valence-corrected chi connectivity index (χ3v) is 11.2. The maximum Gasteiger partial charge on any atom is 0.322 e. The van der Waals surface area contributed by atoms with E-state index in [9.17, 15) is 38.4 Å². The Morgan fingerprint density at radius 2 is 1.52 bits per heavy atom. The number of nitrogens with one attached hydrogen (secondary N) is 2. The van der Waals surface area contributed by atoms with Crippen molar-refractivity contribution in [2.75, 3.05) is 73.6 Å². The third kappa shape index (κ3) is 12.5. The lowest BCUT2D eigenvalue weighted by atomic mass is 9.90. The minimum absolute atomic E-state index is 0.0205. The van der Waals surface area contributed by atoms with E-state index >= 15 is 0 Å². The molecule has 6 atom stereocenters. The second-order valence-corrected chi connectivity index (χ2v) is 14.8. The Balaban J connectivity index is 1.49. The van der Waals surface area contributed by atoms with Gasteiger partial charge >= 0.3 is 12.0 Å². The van der Waals surface area contributed by atoms with E-state index in [2.05, 4.69) is 10.6 Å². The molecule has 3 rings (SSSR count). The number of amides is 8. The van der Waals surface area contributed by atoms with Crippen LogP contribution in [0.4, 0.5) is 4.79 Å². The number of aliphatic carboxylic acids is 1. The fourth-order valence-corrected chi connectivity index (χ4v) is 7.73. The minimum Gasteiger partial charge on any atom is -0.480 e. The van der Waals surface area contributed by atoms with Gasteiger partial charge in [-0.3, -0.25) is 38.5 Å². The molecule has 3 heterocycles. The minimum atomic E-state index is -1.17. The monoisotopic (exact) mass is 791 g/mol. The molecule has 0 aliphatic carbocycles. The zero-order valence-corrected chi connectivity index (χ0v) is 33.7. The summed E-state index contributed by atoms with van der Waals surface area (Å²) < 4.78 is 11.6. The molecule has 0 spiro atoms. The van der Waals surface area contributed by atoms with Crippen LogP contribution in [0, 0.1) is 11.8 Å². The average molecular weight is 792 g/mol. The number of unbranched alkanes of at least 4 members (excludes halogenated alkanes) is 2. The highest BCUT2D eigenvalue weighted by atomic mass is 16.5. The van der Waals surface area contributed by atoms with Crippen molar-refractivity contribution in [3.05, 3.63) is 12.2 Å². The Labute approximate surface area is 329 Å². The second-order valence-electron chi connectivity index (χ2n) is 14.8. The molecule has 6 unspecified atom stereocenters. The zero-order chi connectivity index (χ0) is 41.5. The van der Waals surface area contributed by atoms with E-state index in [0.29, 0.717) is 84.2 Å². The smallest absolute Gasteiger partial charge is 0.322 e. The summed E-state index contributed by atoms with van der Waals surface area (Å²) in [5, 5.41) is 14.1. The van der Waals surface area contributed by atoms with Crippen LogP contribution >= 0.6 is 0 Å². The lowest BCUT2D eigenvalue weighted by Gasteiger charge is -2.39. The van der Waals surface area contributed by atoms with Gasteiger partial charge in [-0.05, 0) is 31.6 Å². The molecule has 3 aliphatic heterocycles. The summed E-state index contributed by atoms with van der Waals surface area (Å²) >= 11 is 0. The van der Waals surface area contributed by atoms with Crippen molar-refractivity contribution >= 4 is 47.4 Å². The number of likely N-dealkylation sites (tertiary alicyclic amines) is 1. The largest absolute Gasteiger partial charge is 0.480 e. The van der Waals surface area contributed by atoms with Crippen LogP contribution in [0.1, 0.15) is 72.1 Å². The van der Waals surface area contributed by atoms with Crippen LogP contribution in [0.5, 0.6) is 0 Å². The number of rotatable bonds is 21. The number of nitrogens with zero attached hydrogens (tertiary/aromatic N) is 5. The van der Waals surface area contributed by atoms with E-state index in [-0.39, 0.29) is 48.4 Å². The highest BCUT2D eigenvalue weighted by molar-refractivity contribution is 6.12. The van der Waals surface area contributed by atoms with Crippen molar-refractivity contribution in [3.63, 3.8) is 0 Å². The highest BCUT2D eigenvalue weighted by Gasteiger charge is 2.42. The predicted octanol–water partition coefficient (Wildman–Crippen LogP) is 0.447. The van der Waals surface area contributed by atoms with Gasteiger partial charge in [-0.15, -0.1) is 0 Å². The van der Waals surface area contributed by atoms with E-state index < -0.39 is 54.7 Å². The van der Waals surface area contributed by atoms with Gasteiger partial charge < -0.3 is 44.8 Å². The van der Waals surface area contributed by atoms with Gasteiger partial charge in [-0.2, -0.15) is 0 Å². The molecular weight excluding hydrogens is 730 g/mol. The van der Waals surface area contributed by atoms with Crippen molar-refractivity contribution in [3.8, 4) is 0 Å². The summed E-state index contributed by atoms with van der Waals surface area (Å²) in [6, 6.07) is -1.34. The molecule has 0 saturated carbocycles. The Hall–Kier alpha value is -4.58. The molecular formula is C38H61N7O11. The number of hydrogen-bond donors (Lipinski definition) is 3. The van der Waals surface area contributed by atoms with Gasteiger partial charge in [0, 0.05) is 79.1 Å². The molecule has 0 aromatic carbocycles. The lowest BCUT2D eigenvalue weighted by Crippen LogP contribution is -2.56. The van der Waals surface area contributed by atoms with Crippen LogP contribution in [-0.2, 0) is 43.0 Å². The average Bonchev–Trinajstić information content (AvgIpc) is 3.80. The van der Waals surface area contributed by atoms with Crippen LogP contribution in [0.15, 0.2) is 12.2 Å². The number of imide groups is 1. The number of urea groups is 1. The molecule has 56 heavy (non-hydrogen) atoms. The van der Waals surface area contributed by atoms with Gasteiger partial charge in [0.15, 0.2) is 0 Å². The number of carboxylic acid groups (broad SMARTS) is 1. The standard InChI is InChI=1S/C38H61N7O11/c1-7-25(2)35(28(55-5)22-32(49)44-17-11-12-27(44)36(56-6)26(3)37(53)39-24-34(51)52)41(4)33(50)23-40-38(54)43-20-18-42(19-21-43)29(46)13-9-8-10-16-45-30(47)14-15-31(45)48/h14-15,25-28,35-36H,7-13,16-24H2,1-6H3,(H,39,53)(H,40,54)(H,51,52). The molecule has 3 aliphatic rings. The maximum absolute atomic E-state index is 13.9. The van der Waals surface area contributed by atoms with Crippen molar-refractivity contribution < 1.29 is 52.9 Å². The second kappa shape index (κ2) is 22.2. The molecule has 314 valence electrons. The summed E-state index contributed by atoms with van der Waals surface area (Å²) in [5.74, 6) is -3.66. The molecule has 0 radical (unpaired) electrons. The maximum atomic E-state index is 13.9. The van der Waals surface area contributed by atoms with Gasteiger partial charge in [-0.25, -0.2) is 4.79 Å². The number of piperazine rings is 1. The first-order chi connectivity index (χ1) is 26.6. The fraction of sp³-hybridized carbons (Fsp3) is 0.737. The van der Waals surface area contributed by atoms with Crippen molar-refractivity contribution in [2.45, 2.75) is 96.4 Å². The van der Waals surface area contributed by atoms with E-state index in [1.165, 1.54) is 36.2 Å². The Morgan fingerprint density at radius 1 is 0.875 bits per heavy atom. The van der Waals surface area contributed by atoms with Crippen molar-refractivity contribution in [1.82, 2.24) is 35.1 Å². The lowest BCUT2D eigenvalue weighted by molar-refractivity contribution is -0.146. The first-order valence-corrected chi connectivity index (χ1v) is 19.6. The third-order valence-electron chi connectivity index (χ3n) is 11.2. The van der Waals surface area contributed by atoms with E-state index in [1.807, 2.05) is 13.8 Å². The van der Waals surface area contributed by atoms with E-state index in [1.54, 1.807) is 28.7 Å². The number of carbonyl (C=O) groups excluding carboxylic acids is 7. The quantitative estimate of drug-likeness (QED) is 0.107. The summed E-state index contributed by atoms with van der Waals surface area (Å²) in [6.07, 6.45) is 5.38. The number of ether oxygens (including phenoxy) is 2. The van der Waals surface area contributed by atoms with Crippen LogP contribution < -0.4 is 10.6 Å². The molecule has 18 nitrogen and oxygen atoms in total. The predicted molar refractivity (Wildman–Crippen MR) is 203 cm³/mol. The molecule has 0 aromatic rings. The fourth-order valence-electron chi connectivity index (χ4n) is 7.73. The number of carboxylic acids is 1.